The Morgan fingerprint density at radius 2 is 1.47 bits per heavy atom. The Morgan fingerprint density at radius 3 is 2.00 bits per heavy atom. The van der Waals surface area contributed by atoms with E-state index in [-0.39, 0.29) is 10.8 Å². The highest BCUT2D eigenvalue weighted by Gasteiger charge is 2.08. The first-order valence-electron chi connectivity index (χ1n) is 5.39. The van der Waals surface area contributed by atoms with Gasteiger partial charge in [0.2, 0.25) is 0 Å². The van der Waals surface area contributed by atoms with Gasteiger partial charge in [-0.05, 0) is 12.1 Å². The molecule has 0 heterocycles. The molecule has 0 aliphatic carbocycles. The molecule has 0 radical (unpaired) electrons. The van der Waals surface area contributed by atoms with Crippen LogP contribution in [0, 0.1) is 5.21 Å². The average molecular weight is 227 g/mol. The van der Waals surface area contributed by atoms with E-state index in [0.29, 0.717) is 16.8 Å². The van der Waals surface area contributed by atoms with Gasteiger partial charge in [0.05, 0.1) is 7.05 Å². The quantitative estimate of drug-likeness (QED) is 0.639. The third-order valence-corrected chi connectivity index (χ3v) is 2.59. The minimum absolute atomic E-state index is 0.00344. The molecule has 0 aliphatic heterocycles. The zero-order valence-electron chi connectivity index (χ0n) is 9.51. The predicted molar refractivity (Wildman–Crippen MR) is 66.2 cm³/mol. The van der Waals surface area contributed by atoms with Gasteiger partial charge in [-0.2, -0.15) is 0 Å². The van der Waals surface area contributed by atoms with Crippen molar-refractivity contribution in [1.29, 1.82) is 0 Å². The molecule has 3 heteroatoms. The molecule has 0 amide bonds. The summed E-state index contributed by atoms with van der Waals surface area (Å²) in [7, 11) is 1.51. The second kappa shape index (κ2) is 4.91. The van der Waals surface area contributed by atoms with Gasteiger partial charge in [-0.3, -0.25) is 4.79 Å². The van der Waals surface area contributed by atoms with Gasteiger partial charge in [0.15, 0.2) is 5.78 Å². The van der Waals surface area contributed by atoms with Crippen LogP contribution in [-0.4, -0.2) is 12.8 Å². The molecule has 0 saturated heterocycles. The summed E-state index contributed by atoms with van der Waals surface area (Å²) in [6.07, 6.45) is 0. The Morgan fingerprint density at radius 1 is 0.941 bits per heavy atom. The molecule has 86 valence electrons. The first-order chi connectivity index (χ1) is 8.18. The molecule has 0 aliphatic rings. The summed E-state index contributed by atoms with van der Waals surface area (Å²) in [6, 6.07) is 15.8. The molecule has 1 atom stereocenters. The maximum absolute atomic E-state index is 12.0. The Balaban J connectivity index is 2.27. The third kappa shape index (κ3) is 2.58. The summed E-state index contributed by atoms with van der Waals surface area (Å²) in [5, 5.41) is 11.1. The zero-order chi connectivity index (χ0) is 12.3. The first kappa shape index (κ1) is 11.5. The molecule has 17 heavy (non-hydrogen) atoms. The van der Waals surface area contributed by atoms with E-state index in [1.165, 1.54) is 7.05 Å². The zero-order valence-corrected chi connectivity index (χ0v) is 9.51. The molecule has 2 aromatic carbocycles. The van der Waals surface area contributed by atoms with Crippen molar-refractivity contribution in [2.75, 3.05) is 7.05 Å². The fraction of sp³-hybridized carbons (Fsp3) is 0.0714. The van der Waals surface area contributed by atoms with Crippen LogP contribution in [0.5, 0.6) is 0 Å². The van der Waals surface area contributed by atoms with E-state index in [0.717, 1.165) is 0 Å². The van der Waals surface area contributed by atoms with Crippen LogP contribution in [0.25, 0.3) is 0 Å². The lowest BCUT2D eigenvalue weighted by atomic mass is 10.0. The van der Waals surface area contributed by atoms with Gasteiger partial charge in [-0.25, -0.2) is 0 Å². The smallest absolute Gasteiger partial charge is 0.193 e. The highest BCUT2D eigenvalue weighted by molar-refractivity contribution is 6.09. The van der Waals surface area contributed by atoms with E-state index in [1.54, 1.807) is 36.4 Å². The monoisotopic (exact) mass is 227 g/mol. The standard InChI is InChI=1S/C14H13NO2/c1-15(17)13-9-7-12(8-10-13)14(16)11-5-3-2-4-6-11/h2-10,15H,1H3. The average Bonchev–Trinajstić information content (AvgIpc) is 2.39. The predicted octanol–water partition coefficient (Wildman–Crippen LogP) is 1.56. The van der Waals surface area contributed by atoms with Crippen molar-refractivity contribution < 1.29 is 9.86 Å². The molecule has 0 saturated carbocycles. The molecule has 1 N–H and O–H groups in total. The largest absolute Gasteiger partial charge is 0.629 e. The summed E-state index contributed by atoms with van der Waals surface area (Å²) in [6.45, 7) is 0. The second-order valence-corrected chi connectivity index (χ2v) is 3.83. The van der Waals surface area contributed by atoms with Gasteiger partial charge in [0.1, 0.15) is 5.69 Å². The van der Waals surface area contributed by atoms with Gasteiger partial charge in [-0.1, -0.05) is 30.3 Å². The molecule has 0 fully saturated rings. The van der Waals surface area contributed by atoms with Crippen molar-refractivity contribution in [2.45, 2.75) is 0 Å². The number of carbonyl (C=O) groups is 1. The second-order valence-electron chi connectivity index (χ2n) is 3.83. The van der Waals surface area contributed by atoms with E-state index in [4.69, 9.17) is 0 Å². The van der Waals surface area contributed by atoms with E-state index in [2.05, 4.69) is 0 Å². The number of ketones is 1. The molecular weight excluding hydrogens is 214 g/mol. The fourth-order valence-electron chi connectivity index (χ4n) is 1.61. The van der Waals surface area contributed by atoms with Crippen LogP contribution in [0.3, 0.4) is 0 Å². The molecule has 0 bridgehead atoms. The van der Waals surface area contributed by atoms with Crippen LogP contribution in [0.1, 0.15) is 15.9 Å². The van der Waals surface area contributed by atoms with Gasteiger partial charge in [0.25, 0.3) is 0 Å². The van der Waals surface area contributed by atoms with Crippen LogP contribution < -0.4 is 5.06 Å². The minimum atomic E-state index is -0.0271. The normalized spacial score (nSPS) is 12.1. The summed E-state index contributed by atoms with van der Waals surface area (Å²) in [4.78, 5) is 12.0. The minimum Gasteiger partial charge on any atom is -0.629 e. The van der Waals surface area contributed by atoms with Crippen molar-refractivity contribution >= 4 is 11.5 Å². The number of carbonyl (C=O) groups excluding carboxylic acids is 1. The molecule has 0 spiro atoms. The van der Waals surface area contributed by atoms with Crippen molar-refractivity contribution in [3.05, 3.63) is 70.9 Å². The molecule has 0 aromatic heterocycles. The third-order valence-electron chi connectivity index (χ3n) is 2.59. The molecule has 3 nitrogen and oxygen atoms in total. The summed E-state index contributed by atoms with van der Waals surface area (Å²) in [5.74, 6) is -0.0271. The van der Waals surface area contributed by atoms with Crippen molar-refractivity contribution in [1.82, 2.24) is 0 Å². The fourth-order valence-corrected chi connectivity index (χ4v) is 1.61. The Kier molecular flexibility index (Phi) is 3.32. The Labute approximate surface area is 99.9 Å². The number of rotatable bonds is 3. The van der Waals surface area contributed by atoms with Crippen LogP contribution in [0.15, 0.2) is 54.6 Å². The number of quaternary nitrogens is 1. The highest BCUT2D eigenvalue weighted by atomic mass is 16.5. The van der Waals surface area contributed by atoms with E-state index < -0.39 is 0 Å². The number of hydrogen-bond acceptors (Lipinski definition) is 2. The van der Waals surface area contributed by atoms with Crippen LogP contribution in [-0.2, 0) is 0 Å². The molecule has 2 rings (SSSR count). The first-order valence-corrected chi connectivity index (χ1v) is 5.39. The highest BCUT2D eigenvalue weighted by Crippen LogP contribution is 2.11. The van der Waals surface area contributed by atoms with Crippen molar-refractivity contribution in [3.63, 3.8) is 0 Å². The molecule has 1 unspecified atom stereocenters. The number of hydrogen-bond donors (Lipinski definition) is 1. The molecular formula is C14H13NO2. The Hall–Kier alpha value is -1.97. The maximum Gasteiger partial charge on any atom is 0.193 e. The summed E-state index contributed by atoms with van der Waals surface area (Å²) < 4.78 is 0. The lowest BCUT2D eigenvalue weighted by molar-refractivity contribution is -0.751. The number of benzene rings is 2. The summed E-state index contributed by atoms with van der Waals surface area (Å²) >= 11 is 0. The van der Waals surface area contributed by atoms with Gasteiger partial charge in [0, 0.05) is 23.3 Å². The van der Waals surface area contributed by atoms with Crippen molar-refractivity contribution in [3.8, 4) is 0 Å². The van der Waals surface area contributed by atoms with Gasteiger partial charge >= 0.3 is 0 Å². The lowest BCUT2D eigenvalue weighted by Crippen LogP contribution is -2.98. The van der Waals surface area contributed by atoms with E-state index in [9.17, 15) is 10.0 Å². The number of hydroxylamine groups is 1. The van der Waals surface area contributed by atoms with Crippen LogP contribution >= 0.6 is 0 Å². The molecule has 2 aromatic rings. The Bertz CT molecular complexity index is 504. The number of nitrogens with one attached hydrogen (secondary N) is 1. The summed E-state index contributed by atoms with van der Waals surface area (Å²) in [5.41, 5.74) is 1.87. The van der Waals surface area contributed by atoms with Crippen LogP contribution in [0.2, 0.25) is 0 Å². The van der Waals surface area contributed by atoms with E-state index in [1.807, 2.05) is 18.2 Å². The van der Waals surface area contributed by atoms with Gasteiger partial charge < -0.3 is 10.3 Å². The van der Waals surface area contributed by atoms with E-state index >= 15 is 0 Å². The van der Waals surface area contributed by atoms with Gasteiger partial charge in [-0.15, -0.1) is 0 Å². The lowest BCUT2D eigenvalue weighted by Gasteiger charge is -2.15. The maximum atomic E-state index is 12.0. The van der Waals surface area contributed by atoms with Crippen LogP contribution in [0.4, 0.5) is 5.69 Å². The topological polar surface area (TPSA) is 44.6 Å². The van der Waals surface area contributed by atoms with Crippen molar-refractivity contribution in [2.24, 2.45) is 0 Å². The SMILES string of the molecule is C[NH+]([O-])c1ccc(C(=O)c2ccccc2)cc1.